The number of aromatic nitrogens is 1. The van der Waals surface area contributed by atoms with Crippen molar-refractivity contribution < 1.29 is 19.0 Å². The third-order valence-electron chi connectivity index (χ3n) is 5.04. The van der Waals surface area contributed by atoms with Crippen molar-refractivity contribution >= 4 is 16.9 Å². The van der Waals surface area contributed by atoms with Crippen LogP contribution in [-0.2, 0) is 11.8 Å². The van der Waals surface area contributed by atoms with Gasteiger partial charge in [0.1, 0.15) is 12.4 Å². The molecule has 32 heavy (non-hydrogen) atoms. The predicted octanol–water partition coefficient (Wildman–Crippen LogP) is 5.71. The molecule has 0 unspecified atom stereocenters. The van der Waals surface area contributed by atoms with Gasteiger partial charge in [-0.1, -0.05) is 30.6 Å². The van der Waals surface area contributed by atoms with Crippen LogP contribution in [0.2, 0.25) is 0 Å². The first-order valence-corrected chi connectivity index (χ1v) is 11.1. The maximum absolute atomic E-state index is 12.9. The van der Waals surface area contributed by atoms with Crippen molar-refractivity contribution in [3.63, 3.8) is 0 Å². The first-order chi connectivity index (χ1) is 15.2. The van der Waals surface area contributed by atoms with Crippen LogP contribution in [0.25, 0.3) is 10.9 Å². The van der Waals surface area contributed by atoms with E-state index in [1.807, 2.05) is 18.2 Å². The molecule has 6 nitrogen and oxygen atoms in total. The maximum Gasteiger partial charge on any atom is 0.308 e. The van der Waals surface area contributed by atoms with Gasteiger partial charge in [0, 0.05) is 25.4 Å². The topological polar surface area (TPSA) is 66.8 Å². The molecule has 2 rings (SSSR count). The normalized spacial score (nSPS) is 11.4. The number of pyridine rings is 1. The van der Waals surface area contributed by atoms with Crippen molar-refractivity contribution in [2.45, 2.75) is 60.3 Å². The number of hydrogen-bond acceptors (Lipinski definition) is 5. The van der Waals surface area contributed by atoms with Crippen molar-refractivity contribution in [1.29, 1.82) is 0 Å². The Morgan fingerprint density at radius 3 is 2.47 bits per heavy atom. The van der Waals surface area contributed by atoms with E-state index < -0.39 is 11.5 Å². The standard InChI is InChI=1S/C26H35NO5/c1-7-8-15-31-24-22-13-12-21(30-16-14-19(4)11-9-10-18(2)3)17-23(22)27(6)26(29)25(24)32-20(5)28/h10,12-14,17H,7-9,11,15-16H2,1-6H3/b19-14+. The summed E-state index contributed by atoms with van der Waals surface area (Å²) in [7, 11) is 1.64. The fourth-order valence-electron chi connectivity index (χ4n) is 3.22. The van der Waals surface area contributed by atoms with Gasteiger partial charge >= 0.3 is 5.97 Å². The molecule has 0 aliphatic rings. The van der Waals surface area contributed by atoms with Crippen molar-refractivity contribution in [2.24, 2.45) is 7.05 Å². The molecular weight excluding hydrogens is 406 g/mol. The summed E-state index contributed by atoms with van der Waals surface area (Å²) in [6.45, 7) is 10.5. The molecule has 0 radical (unpaired) electrons. The summed E-state index contributed by atoms with van der Waals surface area (Å²) in [6.07, 6.45) is 8.10. The Balaban J connectivity index is 2.31. The van der Waals surface area contributed by atoms with E-state index in [-0.39, 0.29) is 5.75 Å². The number of ether oxygens (including phenoxy) is 3. The lowest BCUT2D eigenvalue weighted by Crippen LogP contribution is -2.22. The number of benzene rings is 1. The highest BCUT2D eigenvalue weighted by atomic mass is 16.6. The summed E-state index contributed by atoms with van der Waals surface area (Å²) in [5, 5.41) is 0.695. The van der Waals surface area contributed by atoms with Crippen LogP contribution < -0.4 is 19.8 Å². The fraction of sp³-hybridized carbons (Fsp3) is 0.462. The molecule has 0 saturated carbocycles. The molecule has 174 valence electrons. The molecule has 0 saturated heterocycles. The Kier molecular flexibility index (Phi) is 9.57. The molecule has 0 amide bonds. The van der Waals surface area contributed by atoms with Crippen LogP contribution in [0.3, 0.4) is 0 Å². The van der Waals surface area contributed by atoms with Gasteiger partial charge in [-0.15, -0.1) is 0 Å². The maximum atomic E-state index is 12.9. The molecule has 0 aliphatic carbocycles. The molecule has 0 fully saturated rings. The minimum Gasteiger partial charge on any atom is -0.489 e. The summed E-state index contributed by atoms with van der Waals surface area (Å²) in [5.41, 5.74) is 2.82. The second kappa shape index (κ2) is 12.1. The first kappa shape index (κ1) is 25.2. The fourth-order valence-corrected chi connectivity index (χ4v) is 3.22. The molecule has 0 bridgehead atoms. The molecule has 6 heteroatoms. The average Bonchev–Trinajstić information content (AvgIpc) is 2.73. The number of hydrogen-bond donors (Lipinski definition) is 0. The molecule has 0 spiro atoms. The number of fused-ring (bicyclic) bond motifs is 1. The predicted molar refractivity (Wildman–Crippen MR) is 129 cm³/mol. The van der Waals surface area contributed by atoms with Gasteiger partial charge in [0.2, 0.25) is 5.75 Å². The zero-order chi connectivity index (χ0) is 23.7. The minimum atomic E-state index is -0.562. The van der Waals surface area contributed by atoms with E-state index in [4.69, 9.17) is 14.2 Å². The molecule has 0 N–H and O–H groups in total. The van der Waals surface area contributed by atoms with Crippen LogP contribution in [-0.4, -0.2) is 23.8 Å². The highest BCUT2D eigenvalue weighted by Gasteiger charge is 2.20. The van der Waals surface area contributed by atoms with Crippen LogP contribution in [0.1, 0.15) is 60.3 Å². The minimum absolute atomic E-state index is 0.0767. The Morgan fingerprint density at radius 1 is 1.06 bits per heavy atom. The SMILES string of the molecule is CCCCOc1c(OC(C)=O)c(=O)n(C)c2cc(OC/C=C(\C)CCC=C(C)C)ccc12. The Labute approximate surface area is 190 Å². The number of aryl methyl sites for hydroxylation is 1. The van der Waals surface area contributed by atoms with Gasteiger partial charge in [-0.2, -0.15) is 0 Å². The largest absolute Gasteiger partial charge is 0.489 e. The molecule has 1 heterocycles. The molecular formula is C26H35NO5. The lowest BCUT2D eigenvalue weighted by molar-refractivity contribution is -0.132. The van der Waals surface area contributed by atoms with E-state index in [1.54, 1.807) is 7.05 Å². The highest BCUT2D eigenvalue weighted by molar-refractivity contribution is 5.89. The Bertz CT molecular complexity index is 1060. The van der Waals surface area contributed by atoms with Gasteiger partial charge in [-0.3, -0.25) is 9.59 Å². The van der Waals surface area contributed by atoms with Crippen molar-refractivity contribution in [1.82, 2.24) is 4.57 Å². The Hall–Kier alpha value is -3.02. The molecule has 0 aliphatic heterocycles. The number of allylic oxidation sites excluding steroid dienone is 3. The molecule has 0 atom stereocenters. The summed E-state index contributed by atoms with van der Waals surface area (Å²) in [5.74, 6) is 0.314. The van der Waals surface area contributed by atoms with Gasteiger partial charge in [-0.05, 0) is 58.2 Å². The van der Waals surface area contributed by atoms with Crippen molar-refractivity contribution in [2.75, 3.05) is 13.2 Å². The number of carbonyl (C=O) groups is 1. The van der Waals surface area contributed by atoms with E-state index in [0.29, 0.717) is 35.6 Å². The van der Waals surface area contributed by atoms with Gasteiger partial charge in [0.15, 0.2) is 5.75 Å². The second-order valence-electron chi connectivity index (χ2n) is 8.18. The van der Waals surface area contributed by atoms with Gasteiger partial charge in [0.05, 0.1) is 12.1 Å². The van der Waals surface area contributed by atoms with Crippen molar-refractivity contribution in [3.8, 4) is 17.2 Å². The zero-order valence-corrected chi connectivity index (χ0v) is 20.1. The van der Waals surface area contributed by atoms with E-state index >= 15 is 0 Å². The first-order valence-electron chi connectivity index (χ1n) is 11.1. The number of carbonyl (C=O) groups excluding carboxylic acids is 1. The highest BCUT2D eigenvalue weighted by Crippen LogP contribution is 2.34. The van der Waals surface area contributed by atoms with E-state index in [1.165, 1.54) is 22.6 Å². The smallest absolute Gasteiger partial charge is 0.308 e. The molecule has 2 aromatic rings. The number of nitrogens with zero attached hydrogens (tertiary/aromatic N) is 1. The third-order valence-corrected chi connectivity index (χ3v) is 5.04. The van der Waals surface area contributed by atoms with Crippen LogP contribution >= 0.6 is 0 Å². The van der Waals surface area contributed by atoms with E-state index in [2.05, 4.69) is 39.8 Å². The lowest BCUT2D eigenvalue weighted by Gasteiger charge is -2.16. The van der Waals surface area contributed by atoms with E-state index in [9.17, 15) is 9.59 Å². The molecule has 1 aromatic heterocycles. The third kappa shape index (κ3) is 7.01. The zero-order valence-electron chi connectivity index (χ0n) is 20.1. The average molecular weight is 442 g/mol. The second-order valence-corrected chi connectivity index (χ2v) is 8.18. The summed E-state index contributed by atoms with van der Waals surface area (Å²) < 4.78 is 18.5. The van der Waals surface area contributed by atoms with Crippen LogP contribution in [0.5, 0.6) is 17.2 Å². The number of esters is 1. The number of rotatable bonds is 11. The van der Waals surface area contributed by atoms with Crippen molar-refractivity contribution in [3.05, 3.63) is 51.9 Å². The number of unbranched alkanes of at least 4 members (excludes halogenated alkanes) is 1. The van der Waals surface area contributed by atoms with Gasteiger partial charge in [0.25, 0.3) is 5.56 Å². The summed E-state index contributed by atoms with van der Waals surface area (Å²) in [4.78, 5) is 24.5. The summed E-state index contributed by atoms with van der Waals surface area (Å²) in [6, 6.07) is 5.49. The molecule has 1 aromatic carbocycles. The lowest BCUT2D eigenvalue weighted by atomic mass is 10.1. The van der Waals surface area contributed by atoms with E-state index in [0.717, 1.165) is 25.7 Å². The van der Waals surface area contributed by atoms with Gasteiger partial charge in [-0.25, -0.2) is 0 Å². The quantitative estimate of drug-likeness (QED) is 0.254. The van der Waals surface area contributed by atoms with Crippen LogP contribution in [0.4, 0.5) is 0 Å². The summed E-state index contributed by atoms with van der Waals surface area (Å²) >= 11 is 0. The van der Waals surface area contributed by atoms with Crippen LogP contribution in [0.15, 0.2) is 46.3 Å². The van der Waals surface area contributed by atoms with Crippen LogP contribution in [0, 0.1) is 0 Å². The Morgan fingerprint density at radius 2 is 1.81 bits per heavy atom. The van der Waals surface area contributed by atoms with Gasteiger partial charge < -0.3 is 18.8 Å². The monoisotopic (exact) mass is 441 g/mol.